The van der Waals surface area contributed by atoms with Gasteiger partial charge in [-0.1, -0.05) is 26.7 Å². The molecule has 1 rings (SSSR count). The molecule has 25 heavy (non-hydrogen) atoms. The summed E-state index contributed by atoms with van der Waals surface area (Å²) >= 11 is 0. The summed E-state index contributed by atoms with van der Waals surface area (Å²) < 4.78 is 32.7. The maximum absolute atomic E-state index is 12.6. The van der Waals surface area contributed by atoms with Crippen LogP contribution in [0.3, 0.4) is 0 Å². The predicted octanol–water partition coefficient (Wildman–Crippen LogP) is 2.25. The second kappa shape index (κ2) is 9.12. The average molecular weight is 373 g/mol. The van der Waals surface area contributed by atoms with E-state index in [-0.39, 0.29) is 23.2 Å². The predicted molar refractivity (Wildman–Crippen MR) is 96.4 cm³/mol. The highest BCUT2D eigenvalue weighted by Crippen LogP contribution is 2.28. The van der Waals surface area contributed by atoms with Gasteiger partial charge in [0.2, 0.25) is 10.0 Å². The SMILES string of the molecule is CCC(CC)[C@H](CNS(=O)(=O)c1ccc(OC)cc1[N+](=O)[O-])N(C)C. The minimum absolute atomic E-state index is 0.00193. The normalized spacial score (nSPS) is 13.2. The highest BCUT2D eigenvalue weighted by molar-refractivity contribution is 7.89. The molecule has 0 fully saturated rings. The van der Waals surface area contributed by atoms with Crippen molar-refractivity contribution in [2.45, 2.75) is 37.6 Å². The molecule has 8 nitrogen and oxygen atoms in total. The van der Waals surface area contributed by atoms with E-state index >= 15 is 0 Å². The van der Waals surface area contributed by atoms with E-state index in [1.807, 2.05) is 19.0 Å². The summed E-state index contributed by atoms with van der Waals surface area (Å²) in [7, 11) is 1.14. The first-order valence-electron chi connectivity index (χ1n) is 8.16. The Kier molecular flexibility index (Phi) is 7.78. The minimum atomic E-state index is -4.01. The number of hydrogen-bond donors (Lipinski definition) is 1. The molecule has 142 valence electrons. The van der Waals surface area contributed by atoms with Gasteiger partial charge in [-0.15, -0.1) is 0 Å². The molecular formula is C16H27N3O5S. The number of nitrogens with one attached hydrogen (secondary N) is 1. The van der Waals surface area contributed by atoms with Crippen LogP contribution in [0.15, 0.2) is 23.1 Å². The zero-order valence-electron chi connectivity index (χ0n) is 15.4. The van der Waals surface area contributed by atoms with Crippen LogP contribution in [-0.4, -0.2) is 52.0 Å². The van der Waals surface area contributed by atoms with Crippen molar-refractivity contribution in [2.75, 3.05) is 27.7 Å². The van der Waals surface area contributed by atoms with Crippen molar-refractivity contribution in [3.8, 4) is 5.75 Å². The topological polar surface area (TPSA) is 102 Å². The smallest absolute Gasteiger partial charge is 0.293 e. The Morgan fingerprint density at radius 1 is 1.28 bits per heavy atom. The highest BCUT2D eigenvalue weighted by Gasteiger charge is 2.29. The van der Waals surface area contributed by atoms with E-state index in [0.717, 1.165) is 18.9 Å². The maximum atomic E-state index is 12.6. The van der Waals surface area contributed by atoms with Crippen LogP contribution < -0.4 is 9.46 Å². The molecular weight excluding hydrogens is 346 g/mol. The molecule has 0 heterocycles. The van der Waals surface area contributed by atoms with Gasteiger partial charge in [-0.05, 0) is 32.1 Å². The van der Waals surface area contributed by atoms with Crippen LogP contribution in [-0.2, 0) is 10.0 Å². The fourth-order valence-electron chi connectivity index (χ4n) is 2.87. The lowest BCUT2D eigenvalue weighted by molar-refractivity contribution is -0.387. The van der Waals surface area contributed by atoms with Gasteiger partial charge in [0.15, 0.2) is 4.90 Å². The molecule has 0 aliphatic rings. The lowest BCUT2D eigenvalue weighted by atomic mass is 9.93. The van der Waals surface area contributed by atoms with Crippen molar-refractivity contribution in [3.63, 3.8) is 0 Å². The van der Waals surface area contributed by atoms with E-state index in [1.54, 1.807) is 0 Å². The highest BCUT2D eigenvalue weighted by atomic mass is 32.2. The van der Waals surface area contributed by atoms with Crippen molar-refractivity contribution in [1.29, 1.82) is 0 Å². The van der Waals surface area contributed by atoms with Crippen molar-refractivity contribution in [2.24, 2.45) is 5.92 Å². The van der Waals surface area contributed by atoms with Crippen LogP contribution in [0.1, 0.15) is 26.7 Å². The zero-order chi connectivity index (χ0) is 19.2. The largest absolute Gasteiger partial charge is 0.497 e. The zero-order valence-corrected chi connectivity index (χ0v) is 16.2. The van der Waals surface area contributed by atoms with Crippen molar-refractivity contribution < 1.29 is 18.1 Å². The van der Waals surface area contributed by atoms with Crippen LogP contribution in [0, 0.1) is 16.0 Å². The standard InChI is InChI=1S/C16H27N3O5S/c1-6-12(7-2)15(18(3)4)11-17-25(22,23)16-9-8-13(24-5)10-14(16)19(20)21/h8-10,12,15,17H,6-7,11H2,1-5H3/t15-/m0/s1. The third-order valence-corrected chi connectivity index (χ3v) is 5.86. The van der Waals surface area contributed by atoms with Crippen LogP contribution in [0.5, 0.6) is 5.75 Å². The number of sulfonamides is 1. The van der Waals surface area contributed by atoms with Crippen molar-refractivity contribution in [3.05, 3.63) is 28.3 Å². The van der Waals surface area contributed by atoms with Gasteiger partial charge < -0.3 is 9.64 Å². The van der Waals surface area contributed by atoms with Gasteiger partial charge in [0.1, 0.15) is 5.75 Å². The number of benzene rings is 1. The molecule has 1 atom stereocenters. The Morgan fingerprint density at radius 2 is 1.88 bits per heavy atom. The lowest BCUT2D eigenvalue weighted by Crippen LogP contribution is -2.44. The van der Waals surface area contributed by atoms with Crippen LogP contribution in [0.2, 0.25) is 0 Å². The summed E-state index contributed by atoms with van der Waals surface area (Å²) in [5.74, 6) is 0.553. The van der Waals surface area contributed by atoms with Gasteiger partial charge in [0, 0.05) is 12.6 Å². The molecule has 0 saturated carbocycles. The second-order valence-electron chi connectivity index (χ2n) is 6.05. The van der Waals surface area contributed by atoms with Crippen molar-refractivity contribution in [1.82, 2.24) is 9.62 Å². The van der Waals surface area contributed by atoms with Gasteiger partial charge in [-0.2, -0.15) is 0 Å². The Hall–Kier alpha value is -1.71. The van der Waals surface area contributed by atoms with E-state index < -0.39 is 20.6 Å². The lowest BCUT2D eigenvalue weighted by Gasteiger charge is -2.31. The van der Waals surface area contributed by atoms with E-state index in [2.05, 4.69) is 18.6 Å². The molecule has 0 aliphatic carbocycles. The first kappa shape index (κ1) is 21.3. The summed E-state index contributed by atoms with van der Waals surface area (Å²) in [6.07, 6.45) is 1.84. The Labute approximate surface area is 149 Å². The third-order valence-electron chi connectivity index (χ3n) is 4.39. The molecule has 1 N–H and O–H groups in total. The van der Waals surface area contributed by atoms with Crippen LogP contribution >= 0.6 is 0 Å². The summed E-state index contributed by atoms with van der Waals surface area (Å²) in [6, 6.07) is 3.70. The van der Waals surface area contributed by atoms with E-state index in [4.69, 9.17) is 4.74 Å². The van der Waals surface area contributed by atoms with Crippen LogP contribution in [0.4, 0.5) is 5.69 Å². The number of methoxy groups -OCH3 is 1. The van der Waals surface area contributed by atoms with E-state index in [9.17, 15) is 18.5 Å². The molecule has 0 radical (unpaired) electrons. The average Bonchev–Trinajstić information content (AvgIpc) is 2.57. The molecule has 0 spiro atoms. The minimum Gasteiger partial charge on any atom is -0.497 e. The van der Waals surface area contributed by atoms with Gasteiger partial charge in [-0.25, -0.2) is 13.1 Å². The quantitative estimate of drug-likeness (QED) is 0.498. The monoisotopic (exact) mass is 373 g/mol. The van der Waals surface area contributed by atoms with E-state index in [1.165, 1.54) is 19.2 Å². The van der Waals surface area contributed by atoms with Gasteiger partial charge in [-0.3, -0.25) is 10.1 Å². The summed E-state index contributed by atoms with van der Waals surface area (Å²) in [6.45, 7) is 4.31. The number of likely N-dealkylation sites (N-methyl/N-ethyl adjacent to an activating group) is 1. The van der Waals surface area contributed by atoms with Crippen molar-refractivity contribution >= 4 is 15.7 Å². The van der Waals surface area contributed by atoms with E-state index in [0.29, 0.717) is 5.92 Å². The number of nitrogens with zero attached hydrogens (tertiary/aromatic N) is 2. The molecule has 1 aromatic rings. The number of nitro groups is 1. The molecule has 0 saturated heterocycles. The first-order valence-corrected chi connectivity index (χ1v) is 9.64. The molecule has 0 aromatic heterocycles. The third kappa shape index (κ3) is 5.38. The Morgan fingerprint density at radius 3 is 2.32 bits per heavy atom. The van der Waals surface area contributed by atoms with Gasteiger partial charge in [0.05, 0.1) is 18.1 Å². The maximum Gasteiger partial charge on any atom is 0.293 e. The molecule has 0 bridgehead atoms. The fraction of sp³-hybridized carbons (Fsp3) is 0.625. The first-order chi connectivity index (χ1) is 11.7. The van der Waals surface area contributed by atoms with Crippen LogP contribution in [0.25, 0.3) is 0 Å². The molecule has 1 aromatic carbocycles. The van der Waals surface area contributed by atoms with Gasteiger partial charge >= 0.3 is 0 Å². The summed E-state index contributed by atoms with van der Waals surface area (Å²) in [4.78, 5) is 12.1. The molecule has 0 aliphatic heterocycles. The fourth-order valence-corrected chi connectivity index (χ4v) is 4.07. The Balaban J connectivity index is 3.11. The second-order valence-corrected chi connectivity index (χ2v) is 7.79. The number of ether oxygens (including phenoxy) is 1. The number of hydrogen-bond acceptors (Lipinski definition) is 6. The Bertz CT molecular complexity index is 687. The summed E-state index contributed by atoms with van der Waals surface area (Å²) in [5, 5.41) is 11.2. The summed E-state index contributed by atoms with van der Waals surface area (Å²) in [5.41, 5.74) is -0.504. The molecule has 0 unspecified atom stereocenters. The number of nitro benzene ring substituents is 1. The molecule has 9 heteroatoms. The van der Waals surface area contributed by atoms with Gasteiger partial charge in [0.25, 0.3) is 5.69 Å². The molecule has 0 amide bonds. The number of rotatable bonds is 10.